The summed E-state index contributed by atoms with van der Waals surface area (Å²) in [4.78, 5) is 1.16. The highest BCUT2D eigenvalue weighted by Crippen LogP contribution is 2.27. The Bertz CT molecular complexity index is 695. The maximum Gasteiger partial charge on any atom is 0.265 e. The molecule has 0 aliphatic carbocycles. The average Bonchev–Trinajstić information content (AvgIpc) is 2.89. The third kappa shape index (κ3) is 3.00. The van der Waals surface area contributed by atoms with E-state index in [0.29, 0.717) is 23.0 Å². The van der Waals surface area contributed by atoms with Gasteiger partial charge in [-0.1, -0.05) is 12.1 Å². The van der Waals surface area contributed by atoms with Crippen molar-refractivity contribution in [3.63, 3.8) is 0 Å². The molecule has 0 aliphatic heterocycles. The summed E-state index contributed by atoms with van der Waals surface area (Å²) in [5, 5.41) is 1.64. The molecule has 108 valence electrons. The second kappa shape index (κ2) is 6.16. The highest BCUT2D eigenvalue weighted by molar-refractivity contribution is 7.93. The number of benzene rings is 1. The van der Waals surface area contributed by atoms with E-state index in [4.69, 9.17) is 11.6 Å². The first-order valence-electron chi connectivity index (χ1n) is 6.22. The van der Waals surface area contributed by atoms with Crippen molar-refractivity contribution in [3.8, 4) is 0 Å². The lowest BCUT2D eigenvalue weighted by atomic mass is 10.2. The van der Waals surface area contributed by atoms with Crippen molar-refractivity contribution in [2.24, 2.45) is 0 Å². The number of hydrogen-bond acceptors (Lipinski definition) is 3. The van der Waals surface area contributed by atoms with Gasteiger partial charge in [0.1, 0.15) is 0 Å². The van der Waals surface area contributed by atoms with Crippen molar-refractivity contribution >= 4 is 38.6 Å². The van der Waals surface area contributed by atoms with Gasteiger partial charge >= 0.3 is 0 Å². The fraction of sp³-hybridized carbons (Fsp3) is 0.286. The van der Waals surface area contributed by atoms with Crippen LogP contribution < -0.4 is 4.31 Å². The molecule has 1 heterocycles. The summed E-state index contributed by atoms with van der Waals surface area (Å²) in [5.74, 6) is 0.330. The highest BCUT2D eigenvalue weighted by Gasteiger charge is 2.24. The van der Waals surface area contributed by atoms with Crippen LogP contribution in [0.15, 0.2) is 40.6 Å². The minimum absolute atomic E-state index is 0.307. The van der Waals surface area contributed by atoms with Crippen molar-refractivity contribution in [2.75, 3.05) is 10.8 Å². The molecule has 2 rings (SSSR count). The molecule has 0 unspecified atom stereocenters. The van der Waals surface area contributed by atoms with Gasteiger partial charge in [0.25, 0.3) is 10.0 Å². The maximum atomic E-state index is 12.7. The van der Waals surface area contributed by atoms with Gasteiger partial charge in [-0.15, -0.1) is 22.9 Å². The van der Waals surface area contributed by atoms with Gasteiger partial charge in [-0.25, -0.2) is 8.42 Å². The number of thiophene rings is 1. The summed E-state index contributed by atoms with van der Waals surface area (Å²) in [6.45, 7) is 4.16. The number of halogens is 1. The van der Waals surface area contributed by atoms with Gasteiger partial charge in [0.05, 0.1) is 16.5 Å². The first kappa shape index (κ1) is 15.4. The number of anilines is 1. The van der Waals surface area contributed by atoms with Crippen LogP contribution in [-0.4, -0.2) is 15.0 Å². The lowest BCUT2D eigenvalue weighted by Gasteiger charge is -2.22. The summed E-state index contributed by atoms with van der Waals surface area (Å²) in [5.41, 5.74) is 1.72. The molecule has 0 aliphatic rings. The Morgan fingerprint density at radius 1 is 1.30 bits per heavy atom. The van der Waals surface area contributed by atoms with Crippen molar-refractivity contribution in [3.05, 3.63) is 46.2 Å². The van der Waals surface area contributed by atoms with Gasteiger partial charge in [0, 0.05) is 16.8 Å². The van der Waals surface area contributed by atoms with E-state index in [9.17, 15) is 8.42 Å². The van der Waals surface area contributed by atoms with Crippen molar-refractivity contribution in [1.82, 2.24) is 0 Å². The Morgan fingerprint density at radius 2 is 2.05 bits per heavy atom. The van der Waals surface area contributed by atoms with Crippen LogP contribution in [0.4, 0.5) is 5.69 Å². The van der Waals surface area contributed by atoms with Crippen molar-refractivity contribution < 1.29 is 8.42 Å². The van der Waals surface area contributed by atoms with E-state index < -0.39 is 10.0 Å². The van der Waals surface area contributed by atoms with Crippen LogP contribution in [0.1, 0.15) is 17.4 Å². The molecular formula is C14H16ClNO2S2. The first-order chi connectivity index (χ1) is 9.48. The minimum Gasteiger partial charge on any atom is -0.267 e. The van der Waals surface area contributed by atoms with E-state index in [2.05, 4.69) is 0 Å². The fourth-order valence-electron chi connectivity index (χ4n) is 1.97. The number of aryl methyl sites for hydroxylation is 1. The fourth-order valence-corrected chi connectivity index (χ4v) is 4.81. The molecule has 0 N–H and O–H groups in total. The highest BCUT2D eigenvalue weighted by atomic mass is 35.5. The average molecular weight is 330 g/mol. The molecule has 2 aromatic rings. The van der Waals surface area contributed by atoms with Gasteiger partial charge in [0.2, 0.25) is 0 Å². The molecule has 0 radical (unpaired) electrons. The maximum absolute atomic E-state index is 12.7. The van der Waals surface area contributed by atoms with E-state index >= 15 is 0 Å². The Hall–Kier alpha value is -1.04. The molecule has 0 saturated heterocycles. The largest absolute Gasteiger partial charge is 0.267 e. The van der Waals surface area contributed by atoms with Gasteiger partial charge in [-0.2, -0.15) is 0 Å². The topological polar surface area (TPSA) is 37.4 Å². The lowest BCUT2D eigenvalue weighted by Crippen LogP contribution is -2.30. The first-order valence-corrected chi connectivity index (χ1v) is 9.07. The Labute approximate surface area is 128 Å². The summed E-state index contributed by atoms with van der Waals surface area (Å²) in [6.07, 6.45) is 0. The molecular weight excluding hydrogens is 314 g/mol. The minimum atomic E-state index is -3.53. The molecule has 0 bridgehead atoms. The predicted molar refractivity (Wildman–Crippen MR) is 85.3 cm³/mol. The Kier molecular flexibility index (Phi) is 4.73. The third-order valence-corrected chi connectivity index (χ3v) is 6.34. The van der Waals surface area contributed by atoms with Gasteiger partial charge < -0.3 is 0 Å². The molecule has 20 heavy (non-hydrogen) atoms. The third-order valence-electron chi connectivity index (χ3n) is 2.93. The summed E-state index contributed by atoms with van der Waals surface area (Å²) in [6, 6.07) is 9.13. The van der Waals surface area contributed by atoms with Crippen LogP contribution in [0.3, 0.4) is 0 Å². The molecule has 0 amide bonds. The molecule has 1 aromatic carbocycles. The molecule has 0 fully saturated rings. The standard InChI is InChI=1S/C14H16ClNO2S2/c1-3-16(12-6-4-5-11(2)7-12)20(17,18)14-8-13(9-15)19-10-14/h4-8,10H,3,9H2,1-2H3. The molecule has 0 atom stereocenters. The zero-order chi connectivity index (χ0) is 14.8. The van der Waals surface area contributed by atoms with Gasteiger partial charge in [-0.05, 0) is 37.6 Å². The summed E-state index contributed by atoms with van der Waals surface area (Å²) < 4.78 is 26.8. The van der Waals surface area contributed by atoms with Crippen LogP contribution in [0.5, 0.6) is 0 Å². The van der Waals surface area contributed by atoms with Crippen LogP contribution >= 0.6 is 22.9 Å². The van der Waals surface area contributed by atoms with E-state index in [1.807, 2.05) is 38.1 Å². The van der Waals surface area contributed by atoms with E-state index in [1.54, 1.807) is 11.4 Å². The molecule has 1 aromatic heterocycles. The van der Waals surface area contributed by atoms with Crippen molar-refractivity contribution in [1.29, 1.82) is 0 Å². The van der Waals surface area contributed by atoms with E-state index in [0.717, 1.165) is 10.4 Å². The van der Waals surface area contributed by atoms with Crippen LogP contribution in [-0.2, 0) is 15.9 Å². The zero-order valence-electron chi connectivity index (χ0n) is 11.3. The molecule has 0 spiro atoms. The monoisotopic (exact) mass is 329 g/mol. The number of alkyl halides is 1. The van der Waals surface area contributed by atoms with E-state index in [-0.39, 0.29) is 0 Å². The number of rotatable bonds is 5. The molecule has 0 saturated carbocycles. The number of nitrogens with zero attached hydrogens (tertiary/aromatic N) is 1. The van der Waals surface area contributed by atoms with Crippen LogP contribution in [0.2, 0.25) is 0 Å². The number of hydrogen-bond donors (Lipinski definition) is 0. The predicted octanol–water partition coefficient (Wildman–Crippen LogP) is 4.01. The van der Waals surface area contributed by atoms with Crippen LogP contribution in [0.25, 0.3) is 0 Å². The quantitative estimate of drug-likeness (QED) is 0.777. The normalized spacial score (nSPS) is 11.6. The lowest BCUT2D eigenvalue weighted by molar-refractivity contribution is 0.592. The second-order valence-corrected chi connectivity index (χ2v) is 7.52. The van der Waals surface area contributed by atoms with E-state index in [1.165, 1.54) is 15.6 Å². The molecule has 3 nitrogen and oxygen atoms in total. The zero-order valence-corrected chi connectivity index (χ0v) is 13.7. The Morgan fingerprint density at radius 3 is 2.60 bits per heavy atom. The SMILES string of the molecule is CCN(c1cccc(C)c1)S(=O)(=O)c1csc(CCl)c1. The number of sulfonamides is 1. The van der Waals surface area contributed by atoms with Crippen molar-refractivity contribution in [2.45, 2.75) is 24.6 Å². The Balaban J connectivity index is 2.44. The van der Waals surface area contributed by atoms with Crippen LogP contribution in [0, 0.1) is 6.92 Å². The van der Waals surface area contributed by atoms with Gasteiger partial charge in [-0.3, -0.25) is 4.31 Å². The summed E-state index contributed by atoms with van der Waals surface area (Å²) in [7, 11) is -3.53. The second-order valence-electron chi connectivity index (χ2n) is 4.39. The van der Waals surface area contributed by atoms with Gasteiger partial charge in [0.15, 0.2) is 0 Å². The molecule has 6 heteroatoms. The smallest absolute Gasteiger partial charge is 0.265 e. The summed E-state index contributed by atoms with van der Waals surface area (Å²) >= 11 is 7.11.